The molecule has 2 heterocycles. The van der Waals surface area contributed by atoms with Gasteiger partial charge >= 0.3 is 11.9 Å². The Morgan fingerprint density at radius 3 is 2.33 bits per heavy atom. The van der Waals surface area contributed by atoms with Crippen molar-refractivity contribution in [3.63, 3.8) is 0 Å². The smallest absolute Gasteiger partial charge is 0.356 e. The summed E-state index contributed by atoms with van der Waals surface area (Å²) >= 11 is 0. The molecule has 0 aliphatic rings. The van der Waals surface area contributed by atoms with Gasteiger partial charge in [0.1, 0.15) is 11.4 Å². The first-order chi connectivity index (χ1) is 14.1. The van der Waals surface area contributed by atoms with E-state index < -0.39 is 23.1 Å². The van der Waals surface area contributed by atoms with Crippen LogP contribution in [0.5, 0.6) is 0 Å². The van der Waals surface area contributed by atoms with E-state index in [1.807, 2.05) is 30.3 Å². The summed E-state index contributed by atoms with van der Waals surface area (Å²) in [6.45, 7) is 3.33. The van der Waals surface area contributed by atoms with Crippen LogP contribution in [0, 0.1) is 13.8 Å². The number of hydrogen-bond acceptors (Lipinski definition) is 4. The van der Waals surface area contributed by atoms with Crippen molar-refractivity contribution in [3.8, 4) is 16.9 Å². The van der Waals surface area contributed by atoms with Crippen LogP contribution in [-0.2, 0) is 13.2 Å². The zero-order valence-corrected chi connectivity index (χ0v) is 16.2. The zero-order chi connectivity index (χ0) is 21.8. The van der Waals surface area contributed by atoms with Crippen molar-refractivity contribution in [2.75, 3.05) is 0 Å². The molecule has 0 bridgehead atoms. The molecule has 0 fully saturated rings. The molecular formula is C21H16F3N3O3. The molecule has 0 unspecified atom stereocenters. The molecule has 0 aliphatic carbocycles. The van der Waals surface area contributed by atoms with Gasteiger partial charge in [0.2, 0.25) is 0 Å². The van der Waals surface area contributed by atoms with Crippen LogP contribution >= 0.6 is 0 Å². The van der Waals surface area contributed by atoms with E-state index in [-0.39, 0.29) is 5.69 Å². The monoisotopic (exact) mass is 415 g/mol. The van der Waals surface area contributed by atoms with E-state index in [2.05, 4.69) is 5.16 Å². The Balaban J connectivity index is 2.07. The minimum Gasteiger partial charge on any atom is -0.356 e. The molecule has 0 spiro atoms. The van der Waals surface area contributed by atoms with E-state index in [0.717, 1.165) is 17.2 Å². The predicted octanol–water partition coefficient (Wildman–Crippen LogP) is 3.98. The highest BCUT2D eigenvalue weighted by molar-refractivity contribution is 5.96. The predicted molar refractivity (Wildman–Crippen MR) is 105 cm³/mol. The fraction of sp³-hybridized carbons (Fsp3) is 0.190. The SMILES string of the molecule is Cc1cc2onc(-c3ccccc3)c2c(C)c1-n1c(=O)cc(C(F)(F)F)n(C)c1=O. The van der Waals surface area contributed by atoms with Crippen molar-refractivity contribution < 1.29 is 17.7 Å². The van der Waals surface area contributed by atoms with Crippen molar-refractivity contribution in [1.82, 2.24) is 14.3 Å². The molecule has 0 radical (unpaired) electrons. The zero-order valence-electron chi connectivity index (χ0n) is 16.2. The van der Waals surface area contributed by atoms with Gasteiger partial charge in [0.05, 0.1) is 11.1 Å². The molecule has 2 aromatic heterocycles. The summed E-state index contributed by atoms with van der Waals surface area (Å²) in [6, 6.07) is 11.2. The van der Waals surface area contributed by atoms with Crippen LogP contribution in [0.25, 0.3) is 27.9 Å². The topological polar surface area (TPSA) is 70.0 Å². The van der Waals surface area contributed by atoms with Crippen LogP contribution < -0.4 is 11.2 Å². The number of aryl methyl sites for hydroxylation is 2. The fourth-order valence-electron chi connectivity index (χ4n) is 3.68. The minimum absolute atomic E-state index is 0.210. The first kappa shape index (κ1) is 19.7. The average Bonchev–Trinajstić information content (AvgIpc) is 3.11. The van der Waals surface area contributed by atoms with Crippen molar-refractivity contribution >= 4 is 11.0 Å². The molecule has 0 saturated carbocycles. The normalized spacial score (nSPS) is 11.9. The molecule has 0 amide bonds. The van der Waals surface area contributed by atoms with Gasteiger partial charge in [-0.2, -0.15) is 13.2 Å². The first-order valence-electron chi connectivity index (χ1n) is 8.97. The second-order valence-electron chi connectivity index (χ2n) is 6.98. The average molecular weight is 415 g/mol. The van der Waals surface area contributed by atoms with E-state index in [0.29, 0.717) is 38.4 Å². The minimum atomic E-state index is -4.82. The molecule has 0 N–H and O–H groups in total. The summed E-state index contributed by atoms with van der Waals surface area (Å²) in [5.74, 6) is 0. The molecule has 4 aromatic rings. The van der Waals surface area contributed by atoms with Crippen molar-refractivity contribution in [2.24, 2.45) is 7.05 Å². The lowest BCUT2D eigenvalue weighted by Crippen LogP contribution is -2.41. The van der Waals surface area contributed by atoms with Gasteiger partial charge in [-0.05, 0) is 31.0 Å². The van der Waals surface area contributed by atoms with Gasteiger partial charge in [0, 0.05) is 18.7 Å². The Kier molecular flexibility index (Phi) is 4.41. The van der Waals surface area contributed by atoms with Gasteiger partial charge in [-0.25, -0.2) is 9.36 Å². The number of nitrogens with zero attached hydrogens (tertiary/aromatic N) is 3. The Bertz CT molecular complexity index is 1400. The number of rotatable bonds is 2. The van der Waals surface area contributed by atoms with Gasteiger partial charge in [-0.3, -0.25) is 9.36 Å². The molecule has 0 atom stereocenters. The quantitative estimate of drug-likeness (QED) is 0.497. The highest BCUT2D eigenvalue weighted by Crippen LogP contribution is 2.35. The second-order valence-corrected chi connectivity index (χ2v) is 6.98. The third-order valence-corrected chi connectivity index (χ3v) is 5.05. The lowest BCUT2D eigenvalue weighted by atomic mass is 9.99. The van der Waals surface area contributed by atoms with E-state index in [1.165, 1.54) is 0 Å². The molecule has 30 heavy (non-hydrogen) atoms. The van der Waals surface area contributed by atoms with Gasteiger partial charge in [0.15, 0.2) is 5.58 Å². The summed E-state index contributed by atoms with van der Waals surface area (Å²) in [5.41, 5.74) is -0.514. The molecular weight excluding hydrogens is 399 g/mol. The Hall–Kier alpha value is -3.62. The fourth-order valence-corrected chi connectivity index (χ4v) is 3.68. The molecule has 6 nitrogen and oxygen atoms in total. The van der Waals surface area contributed by atoms with Gasteiger partial charge in [0.25, 0.3) is 5.56 Å². The maximum atomic E-state index is 13.2. The lowest BCUT2D eigenvalue weighted by Gasteiger charge is -2.17. The van der Waals surface area contributed by atoms with Crippen LogP contribution in [0.2, 0.25) is 0 Å². The summed E-state index contributed by atoms with van der Waals surface area (Å²) in [7, 11) is 0.985. The standard InChI is InChI=1S/C21H16F3N3O3/c1-11-9-14-17(18(25-30-14)13-7-5-4-6-8-13)12(2)19(11)27-16(28)10-15(21(22,23)24)26(3)20(27)29/h4-10H,1-3H3. The maximum Gasteiger partial charge on any atom is 0.431 e. The van der Waals surface area contributed by atoms with E-state index >= 15 is 0 Å². The largest absolute Gasteiger partial charge is 0.431 e. The van der Waals surface area contributed by atoms with Crippen LogP contribution in [-0.4, -0.2) is 14.3 Å². The van der Waals surface area contributed by atoms with Gasteiger partial charge in [-0.1, -0.05) is 35.5 Å². The molecule has 4 rings (SSSR count). The molecule has 0 aliphatic heterocycles. The number of hydrogen-bond donors (Lipinski definition) is 0. The van der Waals surface area contributed by atoms with Crippen LogP contribution in [0.3, 0.4) is 0 Å². The van der Waals surface area contributed by atoms with E-state index in [9.17, 15) is 22.8 Å². The summed E-state index contributed by atoms with van der Waals surface area (Å²) < 4.78 is 46.2. The van der Waals surface area contributed by atoms with Gasteiger partial charge in [-0.15, -0.1) is 0 Å². The Labute approximate surface area is 167 Å². The van der Waals surface area contributed by atoms with Gasteiger partial charge < -0.3 is 4.52 Å². The summed E-state index contributed by atoms with van der Waals surface area (Å²) in [6.07, 6.45) is -4.82. The molecule has 2 aromatic carbocycles. The van der Waals surface area contributed by atoms with Crippen LogP contribution in [0.15, 0.2) is 56.6 Å². The Morgan fingerprint density at radius 1 is 1.03 bits per heavy atom. The summed E-state index contributed by atoms with van der Waals surface area (Å²) in [5, 5.41) is 4.70. The van der Waals surface area contributed by atoms with Crippen molar-refractivity contribution in [2.45, 2.75) is 20.0 Å². The van der Waals surface area contributed by atoms with E-state index in [1.54, 1.807) is 19.9 Å². The third kappa shape index (κ3) is 2.94. The number of aromatic nitrogens is 3. The summed E-state index contributed by atoms with van der Waals surface area (Å²) in [4.78, 5) is 25.4. The second kappa shape index (κ2) is 6.72. The molecule has 154 valence electrons. The Morgan fingerprint density at radius 2 is 1.70 bits per heavy atom. The third-order valence-electron chi connectivity index (χ3n) is 5.05. The highest BCUT2D eigenvalue weighted by Gasteiger charge is 2.35. The number of benzene rings is 2. The van der Waals surface area contributed by atoms with Crippen molar-refractivity contribution in [1.29, 1.82) is 0 Å². The number of halogens is 3. The van der Waals surface area contributed by atoms with Crippen molar-refractivity contribution in [3.05, 3.63) is 80.1 Å². The maximum absolute atomic E-state index is 13.2. The lowest BCUT2D eigenvalue weighted by molar-refractivity contribution is -0.144. The highest BCUT2D eigenvalue weighted by atomic mass is 19.4. The van der Waals surface area contributed by atoms with Crippen LogP contribution in [0.1, 0.15) is 16.8 Å². The number of alkyl halides is 3. The number of fused-ring (bicyclic) bond motifs is 1. The molecule has 0 saturated heterocycles. The first-order valence-corrected chi connectivity index (χ1v) is 8.97. The molecule has 9 heteroatoms. The van der Waals surface area contributed by atoms with E-state index in [4.69, 9.17) is 4.52 Å². The van der Waals surface area contributed by atoms with Crippen LogP contribution in [0.4, 0.5) is 13.2 Å².